The summed E-state index contributed by atoms with van der Waals surface area (Å²) in [6, 6.07) is 7.99. The van der Waals surface area contributed by atoms with Crippen molar-refractivity contribution in [3.05, 3.63) is 34.3 Å². The quantitative estimate of drug-likeness (QED) is 0.848. The van der Waals surface area contributed by atoms with Crippen LogP contribution in [-0.2, 0) is 5.60 Å². The second-order valence-electron chi connectivity index (χ2n) is 3.69. The molecule has 0 saturated carbocycles. The number of aliphatic hydroxyl groups is 1. The molecule has 1 aromatic carbocycles. The monoisotopic (exact) mass is 272 g/mol. The summed E-state index contributed by atoms with van der Waals surface area (Å²) in [6.45, 7) is 2.10. The minimum absolute atomic E-state index is 0.295. The smallest absolute Gasteiger partial charge is 0.102 e. The number of thioether (sulfide) groups is 1. The van der Waals surface area contributed by atoms with E-state index in [2.05, 4.69) is 22.9 Å². The van der Waals surface area contributed by atoms with Gasteiger partial charge in [-0.15, -0.1) is 0 Å². The van der Waals surface area contributed by atoms with Crippen molar-refractivity contribution in [2.75, 3.05) is 5.75 Å². The molecular weight excluding hydrogens is 260 g/mol. The fourth-order valence-corrected chi connectivity index (χ4v) is 3.43. The number of hydrogen-bond donors (Lipinski definition) is 1. The summed E-state index contributed by atoms with van der Waals surface area (Å²) in [4.78, 5) is 0. The van der Waals surface area contributed by atoms with E-state index in [1.807, 2.05) is 36.0 Å². The van der Waals surface area contributed by atoms with Gasteiger partial charge in [0.2, 0.25) is 0 Å². The highest BCUT2D eigenvalue weighted by atomic mass is 79.9. The lowest BCUT2D eigenvalue weighted by Gasteiger charge is -2.27. The van der Waals surface area contributed by atoms with Gasteiger partial charge in [-0.05, 0) is 29.9 Å². The molecule has 2 rings (SSSR count). The molecule has 76 valence electrons. The first kappa shape index (κ1) is 10.5. The minimum atomic E-state index is -0.620. The van der Waals surface area contributed by atoms with Crippen LogP contribution in [0.25, 0.3) is 0 Å². The Hall–Kier alpha value is 0.01000. The van der Waals surface area contributed by atoms with E-state index in [1.165, 1.54) is 0 Å². The lowest BCUT2D eigenvalue weighted by atomic mass is 9.89. The molecular formula is C11H13BrOS. The van der Waals surface area contributed by atoms with Gasteiger partial charge in [-0.1, -0.05) is 35.0 Å². The Balaban J connectivity index is 2.34. The Morgan fingerprint density at radius 1 is 1.43 bits per heavy atom. The van der Waals surface area contributed by atoms with Crippen LogP contribution in [0.2, 0.25) is 0 Å². The lowest BCUT2D eigenvalue weighted by Crippen LogP contribution is -2.31. The second-order valence-corrected chi connectivity index (χ2v) is 6.06. The van der Waals surface area contributed by atoms with E-state index in [-0.39, 0.29) is 0 Å². The molecule has 1 heterocycles. The van der Waals surface area contributed by atoms with E-state index in [1.54, 1.807) is 0 Å². The molecule has 3 heteroatoms. The standard InChI is InChI=1S/C11H13BrOS/c1-8-11(13,6-7-14-8)9-2-4-10(12)5-3-9/h2-5,8,13H,6-7H2,1H3. The molecule has 1 nitrogen and oxygen atoms in total. The molecule has 0 aliphatic carbocycles. The topological polar surface area (TPSA) is 20.2 Å². The summed E-state index contributed by atoms with van der Waals surface area (Å²) in [5.74, 6) is 1.05. The molecule has 1 saturated heterocycles. The van der Waals surface area contributed by atoms with Crippen LogP contribution < -0.4 is 0 Å². The summed E-state index contributed by atoms with van der Waals surface area (Å²) in [5.41, 5.74) is 0.420. The molecule has 2 atom stereocenters. The van der Waals surface area contributed by atoms with Gasteiger partial charge in [0.05, 0.1) is 0 Å². The van der Waals surface area contributed by atoms with Crippen LogP contribution in [0.3, 0.4) is 0 Å². The van der Waals surface area contributed by atoms with Crippen molar-refractivity contribution < 1.29 is 5.11 Å². The van der Waals surface area contributed by atoms with Crippen LogP contribution in [0, 0.1) is 0 Å². The maximum Gasteiger partial charge on any atom is 0.102 e. The van der Waals surface area contributed by atoms with Crippen molar-refractivity contribution in [1.82, 2.24) is 0 Å². The molecule has 0 spiro atoms. The molecule has 0 bridgehead atoms. The van der Waals surface area contributed by atoms with Crippen LogP contribution in [0.5, 0.6) is 0 Å². The van der Waals surface area contributed by atoms with Crippen molar-refractivity contribution in [3.63, 3.8) is 0 Å². The normalized spacial score (nSPS) is 32.1. The predicted octanol–water partition coefficient (Wildman–Crippen LogP) is 3.16. The average molecular weight is 273 g/mol. The average Bonchev–Trinajstić information content (AvgIpc) is 2.49. The second kappa shape index (κ2) is 3.87. The van der Waals surface area contributed by atoms with Gasteiger partial charge in [0.25, 0.3) is 0 Å². The summed E-state index contributed by atoms with van der Waals surface area (Å²) < 4.78 is 1.06. The molecule has 0 aromatic heterocycles. The van der Waals surface area contributed by atoms with Gasteiger partial charge in [-0.25, -0.2) is 0 Å². The molecule has 1 fully saturated rings. The highest BCUT2D eigenvalue weighted by Gasteiger charge is 2.40. The Bertz CT molecular complexity index is 325. The fourth-order valence-electron chi connectivity index (χ4n) is 1.85. The lowest BCUT2D eigenvalue weighted by molar-refractivity contribution is 0.0427. The van der Waals surface area contributed by atoms with Crippen LogP contribution in [-0.4, -0.2) is 16.1 Å². The Labute approximate surface area is 97.0 Å². The summed E-state index contributed by atoms with van der Waals surface area (Å²) in [6.07, 6.45) is 0.862. The van der Waals surface area contributed by atoms with Crippen molar-refractivity contribution in [2.24, 2.45) is 0 Å². The van der Waals surface area contributed by atoms with E-state index in [9.17, 15) is 5.11 Å². The van der Waals surface area contributed by atoms with E-state index in [0.29, 0.717) is 5.25 Å². The molecule has 1 N–H and O–H groups in total. The van der Waals surface area contributed by atoms with Gasteiger partial charge >= 0.3 is 0 Å². The van der Waals surface area contributed by atoms with Crippen LogP contribution >= 0.6 is 27.7 Å². The third kappa shape index (κ3) is 1.73. The van der Waals surface area contributed by atoms with Gasteiger partial charge in [0.15, 0.2) is 0 Å². The zero-order chi connectivity index (χ0) is 10.2. The van der Waals surface area contributed by atoms with Gasteiger partial charge in [-0.3, -0.25) is 0 Å². The predicted molar refractivity (Wildman–Crippen MR) is 64.6 cm³/mol. The highest BCUT2D eigenvalue weighted by molar-refractivity contribution is 9.10. The van der Waals surface area contributed by atoms with Gasteiger partial charge in [-0.2, -0.15) is 11.8 Å². The number of benzene rings is 1. The fraction of sp³-hybridized carbons (Fsp3) is 0.455. The van der Waals surface area contributed by atoms with Crippen molar-refractivity contribution in [3.8, 4) is 0 Å². The van der Waals surface area contributed by atoms with Crippen LogP contribution in [0.15, 0.2) is 28.7 Å². The van der Waals surface area contributed by atoms with Crippen molar-refractivity contribution >= 4 is 27.7 Å². The summed E-state index contributed by atoms with van der Waals surface area (Å²) in [7, 11) is 0. The SMILES string of the molecule is CC1SCCC1(O)c1ccc(Br)cc1. The van der Waals surface area contributed by atoms with Gasteiger partial charge in [0, 0.05) is 9.72 Å². The van der Waals surface area contributed by atoms with Gasteiger partial charge < -0.3 is 5.11 Å². The number of rotatable bonds is 1. The maximum atomic E-state index is 10.5. The highest BCUT2D eigenvalue weighted by Crippen LogP contribution is 2.43. The minimum Gasteiger partial charge on any atom is -0.384 e. The third-order valence-corrected chi connectivity index (χ3v) is 4.73. The number of hydrogen-bond acceptors (Lipinski definition) is 2. The van der Waals surface area contributed by atoms with Gasteiger partial charge in [0.1, 0.15) is 5.60 Å². The maximum absolute atomic E-state index is 10.5. The largest absolute Gasteiger partial charge is 0.384 e. The molecule has 0 amide bonds. The first-order valence-corrected chi connectivity index (χ1v) is 6.57. The first-order valence-electron chi connectivity index (χ1n) is 4.73. The van der Waals surface area contributed by atoms with E-state index in [0.717, 1.165) is 22.2 Å². The van der Waals surface area contributed by atoms with Crippen molar-refractivity contribution in [1.29, 1.82) is 0 Å². The van der Waals surface area contributed by atoms with Crippen LogP contribution in [0.4, 0.5) is 0 Å². The zero-order valence-electron chi connectivity index (χ0n) is 8.03. The Kier molecular flexibility index (Phi) is 2.91. The molecule has 2 unspecified atom stereocenters. The molecule has 1 aliphatic heterocycles. The van der Waals surface area contributed by atoms with Crippen LogP contribution in [0.1, 0.15) is 18.9 Å². The zero-order valence-corrected chi connectivity index (χ0v) is 10.4. The Morgan fingerprint density at radius 3 is 2.57 bits per heavy atom. The van der Waals surface area contributed by atoms with Crippen molar-refractivity contribution in [2.45, 2.75) is 24.2 Å². The Morgan fingerprint density at radius 2 is 2.07 bits per heavy atom. The van der Waals surface area contributed by atoms with E-state index < -0.39 is 5.60 Å². The third-order valence-electron chi connectivity index (χ3n) is 2.87. The summed E-state index contributed by atoms with van der Waals surface area (Å²) in [5, 5.41) is 10.8. The molecule has 1 aromatic rings. The molecule has 1 aliphatic rings. The van der Waals surface area contributed by atoms with E-state index in [4.69, 9.17) is 0 Å². The summed E-state index contributed by atoms with van der Waals surface area (Å²) >= 11 is 5.24. The molecule has 0 radical (unpaired) electrons. The number of halogens is 1. The molecule has 14 heavy (non-hydrogen) atoms. The first-order chi connectivity index (χ1) is 6.63. The van der Waals surface area contributed by atoms with E-state index >= 15 is 0 Å².